The fourth-order valence-electron chi connectivity index (χ4n) is 1.72. The molecule has 0 N–H and O–H groups in total. The van der Waals surface area contributed by atoms with Crippen molar-refractivity contribution in [1.82, 2.24) is 0 Å². The second kappa shape index (κ2) is 3.75. The second-order valence-corrected chi connectivity index (χ2v) is 3.27. The van der Waals surface area contributed by atoms with Crippen molar-refractivity contribution in [2.24, 2.45) is 5.92 Å². The summed E-state index contributed by atoms with van der Waals surface area (Å²) in [7, 11) is 5.05. The van der Waals surface area contributed by atoms with E-state index in [1.807, 2.05) is 6.92 Å². The maximum atomic E-state index is 10.5. The molecule has 0 aromatic carbocycles. The SMILES string of the molecule is [B]C(=O)C=C(C)C1CCCC1. The number of allylic oxidation sites excluding steroid dienone is 2. The van der Waals surface area contributed by atoms with Crippen LogP contribution in [0.15, 0.2) is 11.6 Å². The highest BCUT2D eigenvalue weighted by atomic mass is 16.1. The predicted octanol–water partition coefficient (Wildman–Crippen LogP) is 1.82. The van der Waals surface area contributed by atoms with E-state index in [-0.39, 0.29) is 5.68 Å². The average molecular weight is 148 g/mol. The van der Waals surface area contributed by atoms with Gasteiger partial charge in [0.05, 0.1) is 5.68 Å². The van der Waals surface area contributed by atoms with Gasteiger partial charge in [0.15, 0.2) is 7.85 Å². The van der Waals surface area contributed by atoms with E-state index >= 15 is 0 Å². The summed E-state index contributed by atoms with van der Waals surface area (Å²) in [5.41, 5.74) is 0.851. The van der Waals surface area contributed by atoms with Crippen LogP contribution in [0, 0.1) is 5.92 Å². The zero-order chi connectivity index (χ0) is 8.27. The van der Waals surface area contributed by atoms with Gasteiger partial charge in [0, 0.05) is 0 Å². The Labute approximate surface area is 69.3 Å². The van der Waals surface area contributed by atoms with Crippen molar-refractivity contribution < 1.29 is 4.79 Å². The molecule has 2 radical (unpaired) electrons. The first-order chi connectivity index (χ1) is 5.20. The molecule has 0 bridgehead atoms. The molecule has 0 amide bonds. The molecule has 1 aliphatic carbocycles. The Bertz CT molecular complexity index is 178. The summed E-state index contributed by atoms with van der Waals surface area (Å²) in [6.45, 7) is 2.00. The number of hydrogen-bond acceptors (Lipinski definition) is 1. The van der Waals surface area contributed by atoms with Gasteiger partial charge < -0.3 is 4.79 Å². The molecule has 58 valence electrons. The van der Waals surface area contributed by atoms with Crippen LogP contribution in [0.5, 0.6) is 0 Å². The molecule has 0 aliphatic heterocycles. The molecule has 2 heteroatoms. The minimum atomic E-state index is -0.311. The lowest BCUT2D eigenvalue weighted by molar-refractivity contribution is -0.107. The van der Waals surface area contributed by atoms with E-state index in [9.17, 15) is 4.79 Å². The Morgan fingerprint density at radius 2 is 2.00 bits per heavy atom. The van der Waals surface area contributed by atoms with Crippen molar-refractivity contribution in [3.05, 3.63) is 11.6 Å². The van der Waals surface area contributed by atoms with Gasteiger partial charge in [0.2, 0.25) is 0 Å². The highest BCUT2D eigenvalue weighted by molar-refractivity contribution is 6.60. The molecule has 0 atom stereocenters. The van der Waals surface area contributed by atoms with E-state index < -0.39 is 0 Å². The molecule has 1 rings (SSSR count). The Balaban J connectivity index is 2.51. The smallest absolute Gasteiger partial charge is 0.174 e. The van der Waals surface area contributed by atoms with Gasteiger partial charge in [-0.3, -0.25) is 0 Å². The Morgan fingerprint density at radius 3 is 2.45 bits per heavy atom. The third-order valence-electron chi connectivity index (χ3n) is 2.37. The van der Waals surface area contributed by atoms with Gasteiger partial charge in [0.1, 0.15) is 0 Å². The standard InChI is InChI=1S/C9H13BO/c1-7(6-9(10)11)8-4-2-3-5-8/h6,8H,2-5H2,1H3. The van der Waals surface area contributed by atoms with Crippen LogP contribution in [-0.2, 0) is 4.79 Å². The van der Waals surface area contributed by atoms with Gasteiger partial charge in [-0.15, -0.1) is 0 Å². The summed E-state index contributed by atoms with van der Waals surface area (Å²) in [6.07, 6.45) is 6.63. The first-order valence-corrected chi connectivity index (χ1v) is 4.18. The van der Waals surface area contributed by atoms with E-state index in [2.05, 4.69) is 0 Å². The van der Waals surface area contributed by atoms with Crippen LogP contribution in [0.2, 0.25) is 0 Å². The quantitative estimate of drug-likeness (QED) is 0.431. The lowest BCUT2D eigenvalue weighted by atomic mass is 9.93. The largest absolute Gasteiger partial charge is 0.308 e. The van der Waals surface area contributed by atoms with Gasteiger partial charge in [-0.25, -0.2) is 0 Å². The first-order valence-electron chi connectivity index (χ1n) is 4.18. The van der Waals surface area contributed by atoms with Gasteiger partial charge >= 0.3 is 0 Å². The van der Waals surface area contributed by atoms with Gasteiger partial charge in [-0.1, -0.05) is 18.4 Å². The van der Waals surface area contributed by atoms with E-state index in [0.29, 0.717) is 5.92 Å². The summed E-state index contributed by atoms with van der Waals surface area (Å²) >= 11 is 0. The summed E-state index contributed by atoms with van der Waals surface area (Å²) in [6, 6.07) is 0. The summed E-state index contributed by atoms with van der Waals surface area (Å²) < 4.78 is 0. The second-order valence-electron chi connectivity index (χ2n) is 3.27. The summed E-state index contributed by atoms with van der Waals surface area (Å²) in [5, 5.41) is 0. The Kier molecular flexibility index (Phi) is 2.92. The maximum absolute atomic E-state index is 10.5. The number of carbonyl (C=O) groups is 1. The van der Waals surface area contributed by atoms with Crippen molar-refractivity contribution in [3.63, 3.8) is 0 Å². The van der Waals surface area contributed by atoms with E-state index in [0.717, 1.165) is 5.57 Å². The van der Waals surface area contributed by atoms with E-state index in [1.54, 1.807) is 6.08 Å². The van der Waals surface area contributed by atoms with Crippen LogP contribution in [0.4, 0.5) is 0 Å². The van der Waals surface area contributed by atoms with Gasteiger partial charge in [-0.05, 0) is 31.8 Å². The fraction of sp³-hybridized carbons (Fsp3) is 0.667. The Hall–Kier alpha value is -0.525. The van der Waals surface area contributed by atoms with Crippen LogP contribution in [-0.4, -0.2) is 13.5 Å². The van der Waals surface area contributed by atoms with Crippen molar-refractivity contribution in [3.8, 4) is 0 Å². The van der Waals surface area contributed by atoms with E-state index in [1.165, 1.54) is 25.7 Å². The first kappa shape index (κ1) is 8.57. The predicted molar refractivity (Wildman–Crippen MR) is 46.5 cm³/mol. The molecule has 0 heterocycles. The summed E-state index contributed by atoms with van der Waals surface area (Å²) in [4.78, 5) is 10.5. The monoisotopic (exact) mass is 148 g/mol. The third-order valence-corrected chi connectivity index (χ3v) is 2.37. The highest BCUT2D eigenvalue weighted by Gasteiger charge is 2.16. The molecule has 1 saturated carbocycles. The molecule has 0 saturated heterocycles. The zero-order valence-electron chi connectivity index (χ0n) is 6.97. The molecule has 0 unspecified atom stereocenters. The van der Waals surface area contributed by atoms with Gasteiger partial charge in [0.25, 0.3) is 0 Å². The molecule has 11 heavy (non-hydrogen) atoms. The van der Waals surface area contributed by atoms with Crippen molar-refractivity contribution >= 4 is 13.5 Å². The molecular formula is C9H13BO. The normalized spacial score (nSPS) is 20.6. The highest BCUT2D eigenvalue weighted by Crippen LogP contribution is 2.30. The minimum Gasteiger partial charge on any atom is -0.308 e. The Morgan fingerprint density at radius 1 is 1.45 bits per heavy atom. The van der Waals surface area contributed by atoms with Crippen LogP contribution in [0.25, 0.3) is 0 Å². The number of rotatable bonds is 2. The van der Waals surface area contributed by atoms with Crippen LogP contribution < -0.4 is 0 Å². The average Bonchev–Trinajstić information content (AvgIpc) is 2.35. The molecule has 0 spiro atoms. The number of carbonyl (C=O) groups excluding carboxylic acids is 1. The van der Waals surface area contributed by atoms with Crippen LogP contribution in [0.1, 0.15) is 32.6 Å². The minimum absolute atomic E-state index is 0.311. The van der Waals surface area contributed by atoms with Gasteiger partial charge in [-0.2, -0.15) is 0 Å². The van der Waals surface area contributed by atoms with Crippen molar-refractivity contribution in [2.45, 2.75) is 32.6 Å². The molecular weight excluding hydrogens is 135 g/mol. The maximum Gasteiger partial charge on any atom is 0.174 e. The lowest BCUT2D eigenvalue weighted by Gasteiger charge is -2.07. The van der Waals surface area contributed by atoms with E-state index in [4.69, 9.17) is 7.85 Å². The van der Waals surface area contributed by atoms with Crippen molar-refractivity contribution in [1.29, 1.82) is 0 Å². The topological polar surface area (TPSA) is 17.1 Å². The number of hydrogen-bond donors (Lipinski definition) is 0. The van der Waals surface area contributed by atoms with Crippen LogP contribution in [0.3, 0.4) is 0 Å². The molecule has 1 nitrogen and oxygen atoms in total. The molecule has 1 aliphatic rings. The zero-order valence-corrected chi connectivity index (χ0v) is 6.97. The third kappa shape index (κ3) is 2.53. The molecule has 1 fully saturated rings. The molecule has 0 aromatic rings. The van der Waals surface area contributed by atoms with Crippen LogP contribution >= 0.6 is 0 Å². The summed E-state index contributed by atoms with van der Waals surface area (Å²) in [5.74, 6) is 0.627. The fourth-order valence-corrected chi connectivity index (χ4v) is 1.72. The molecule has 0 aromatic heterocycles. The van der Waals surface area contributed by atoms with Crippen molar-refractivity contribution in [2.75, 3.05) is 0 Å². The lowest BCUT2D eigenvalue weighted by Crippen LogP contribution is -1.99.